The zero-order chi connectivity index (χ0) is 11.0. The fourth-order valence-corrected chi connectivity index (χ4v) is 2.89. The van der Waals surface area contributed by atoms with Gasteiger partial charge in [0, 0.05) is 5.92 Å². The molecule has 0 radical (unpaired) electrons. The molecule has 2 aromatic carbocycles. The Bertz CT molecular complexity index is 484. The number of benzene rings is 2. The van der Waals surface area contributed by atoms with E-state index >= 15 is 0 Å². The van der Waals surface area contributed by atoms with E-state index in [1.54, 1.807) is 0 Å². The van der Waals surface area contributed by atoms with E-state index in [9.17, 15) is 0 Å². The van der Waals surface area contributed by atoms with Gasteiger partial charge in [0.25, 0.3) is 0 Å². The number of hydrogen-bond acceptors (Lipinski definition) is 0. The van der Waals surface area contributed by atoms with Crippen molar-refractivity contribution >= 4 is 0 Å². The van der Waals surface area contributed by atoms with Crippen LogP contribution in [0.25, 0.3) is 0 Å². The van der Waals surface area contributed by atoms with Crippen molar-refractivity contribution in [2.45, 2.75) is 25.2 Å². The molecule has 0 N–H and O–H groups in total. The number of hydrogen-bond donors (Lipinski definition) is 0. The minimum atomic E-state index is 0.604. The minimum Gasteiger partial charge on any atom is -0.0622 e. The van der Waals surface area contributed by atoms with Gasteiger partial charge in [-0.05, 0) is 29.0 Å². The smallest absolute Gasteiger partial charge is 0.00978 e. The van der Waals surface area contributed by atoms with Gasteiger partial charge in [0.15, 0.2) is 0 Å². The lowest BCUT2D eigenvalue weighted by atomic mass is 9.93. The quantitative estimate of drug-likeness (QED) is 0.654. The maximum atomic E-state index is 2.34. The molecule has 0 amide bonds. The molecule has 80 valence electrons. The summed E-state index contributed by atoms with van der Waals surface area (Å²) < 4.78 is 0. The first-order valence-electron chi connectivity index (χ1n) is 6.00. The molecule has 0 fully saturated rings. The van der Waals surface area contributed by atoms with Gasteiger partial charge in [-0.1, -0.05) is 61.5 Å². The van der Waals surface area contributed by atoms with Gasteiger partial charge in [-0.2, -0.15) is 0 Å². The van der Waals surface area contributed by atoms with Crippen LogP contribution in [0.1, 0.15) is 41.9 Å². The second-order valence-electron chi connectivity index (χ2n) is 4.73. The van der Waals surface area contributed by atoms with E-state index in [1.807, 2.05) is 0 Å². The molecule has 0 saturated heterocycles. The predicted octanol–water partition coefficient (Wildman–Crippen LogP) is 4.33. The minimum absolute atomic E-state index is 0.604. The molecule has 1 aliphatic carbocycles. The van der Waals surface area contributed by atoms with Crippen LogP contribution in [0.3, 0.4) is 0 Å². The third kappa shape index (κ3) is 1.46. The molecule has 0 heterocycles. The SMILES string of the molecule is C[C@@H]1CC(c2ccccc2)c2ccccc21. The number of rotatable bonds is 1. The van der Waals surface area contributed by atoms with Crippen molar-refractivity contribution in [3.8, 4) is 0 Å². The molecule has 0 spiro atoms. The first-order valence-corrected chi connectivity index (χ1v) is 6.00. The first-order chi connectivity index (χ1) is 7.86. The van der Waals surface area contributed by atoms with E-state index in [0.717, 1.165) is 0 Å². The zero-order valence-electron chi connectivity index (χ0n) is 9.56. The van der Waals surface area contributed by atoms with Crippen LogP contribution in [0.5, 0.6) is 0 Å². The van der Waals surface area contributed by atoms with E-state index in [0.29, 0.717) is 11.8 Å². The summed E-state index contributed by atoms with van der Waals surface area (Å²) in [6.45, 7) is 2.34. The summed E-state index contributed by atoms with van der Waals surface area (Å²) in [5.74, 6) is 1.30. The highest BCUT2D eigenvalue weighted by atomic mass is 14.3. The average Bonchev–Trinajstić information content (AvgIpc) is 2.69. The van der Waals surface area contributed by atoms with Gasteiger partial charge in [0.2, 0.25) is 0 Å². The molecule has 16 heavy (non-hydrogen) atoms. The zero-order valence-corrected chi connectivity index (χ0v) is 9.56. The average molecular weight is 208 g/mol. The fraction of sp³-hybridized carbons (Fsp3) is 0.250. The maximum absolute atomic E-state index is 2.34. The monoisotopic (exact) mass is 208 g/mol. The normalized spacial score (nSPS) is 23.1. The molecule has 0 nitrogen and oxygen atoms in total. The summed E-state index contributed by atoms with van der Waals surface area (Å²) >= 11 is 0. The summed E-state index contributed by atoms with van der Waals surface area (Å²) in [7, 11) is 0. The van der Waals surface area contributed by atoms with E-state index in [2.05, 4.69) is 61.5 Å². The van der Waals surface area contributed by atoms with E-state index in [-0.39, 0.29) is 0 Å². The molecule has 1 unspecified atom stereocenters. The highest BCUT2D eigenvalue weighted by molar-refractivity contribution is 5.44. The number of fused-ring (bicyclic) bond motifs is 1. The molecule has 0 heteroatoms. The summed E-state index contributed by atoms with van der Waals surface area (Å²) in [6.07, 6.45) is 1.25. The third-order valence-corrected chi connectivity index (χ3v) is 3.69. The van der Waals surface area contributed by atoms with E-state index < -0.39 is 0 Å². The molecule has 0 aliphatic heterocycles. The lowest BCUT2D eigenvalue weighted by Gasteiger charge is -2.11. The Kier molecular flexibility index (Phi) is 2.28. The van der Waals surface area contributed by atoms with Crippen molar-refractivity contribution in [1.82, 2.24) is 0 Å². The van der Waals surface area contributed by atoms with Crippen molar-refractivity contribution < 1.29 is 0 Å². The Labute approximate surface area is 96.9 Å². The van der Waals surface area contributed by atoms with Crippen LogP contribution in [0.2, 0.25) is 0 Å². The van der Waals surface area contributed by atoms with Crippen LogP contribution in [-0.2, 0) is 0 Å². The Morgan fingerprint density at radius 2 is 1.44 bits per heavy atom. The molecule has 0 saturated carbocycles. The van der Waals surface area contributed by atoms with Crippen LogP contribution < -0.4 is 0 Å². The summed E-state index contributed by atoms with van der Waals surface area (Å²) in [5, 5.41) is 0. The molecule has 2 atom stereocenters. The van der Waals surface area contributed by atoms with Crippen LogP contribution in [0.15, 0.2) is 54.6 Å². The summed E-state index contributed by atoms with van der Waals surface area (Å²) in [6, 6.07) is 19.8. The molecule has 1 aliphatic rings. The predicted molar refractivity (Wildman–Crippen MR) is 67.8 cm³/mol. The lowest BCUT2D eigenvalue weighted by molar-refractivity contribution is 0.686. The van der Waals surface area contributed by atoms with Gasteiger partial charge in [-0.25, -0.2) is 0 Å². The highest BCUT2D eigenvalue weighted by Gasteiger charge is 2.28. The molecule has 0 aromatic heterocycles. The van der Waals surface area contributed by atoms with Crippen LogP contribution in [-0.4, -0.2) is 0 Å². The highest BCUT2D eigenvalue weighted by Crippen LogP contribution is 2.44. The Hall–Kier alpha value is -1.56. The molecular formula is C16H16. The van der Waals surface area contributed by atoms with E-state index in [4.69, 9.17) is 0 Å². The summed E-state index contributed by atoms with van der Waals surface area (Å²) in [4.78, 5) is 0. The van der Waals surface area contributed by atoms with Crippen molar-refractivity contribution in [3.05, 3.63) is 71.3 Å². The van der Waals surface area contributed by atoms with Crippen molar-refractivity contribution in [1.29, 1.82) is 0 Å². The van der Waals surface area contributed by atoms with E-state index in [1.165, 1.54) is 23.1 Å². The molecule has 0 bridgehead atoms. The van der Waals surface area contributed by atoms with Crippen LogP contribution >= 0.6 is 0 Å². The van der Waals surface area contributed by atoms with Gasteiger partial charge in [-0.3, -0.25) is 0 Å². The third-order valence-electron chi connectivity index (χ3n) is 3.69. The van der Waals surface area contributed by atoms with Gasteiger partial charge < -0.3 is 0 Å². The Morgan fingerprint density at radius 3 is 2.19 bits per heavy atom. The molecule has 2 aromatic rings. The first kappa shape index (κ1) is 9.65. The van der Waals surface area contributed by atoms with Crippen molar-refractivity contribution in [2.24, 2.45) is 0 Å². The topological polar surface area (TPSA) is 0 Å². The fourth-order valence-electron chi connectivity index (χ4n) is 2.89. The van der Waals surface area contributed by atoms with Gasteiger partial charge >= 0.3 is 0 Å². The second-order valence-corrected chi connectivity index (χ2v) is 4.73. The lowest BCUT2D eigenvalue weighted by Crippen LogP contribution is -1.95. The maximum Gasteiger partial charge on any atom is 0.00978 e. The van der Waals surface area contributed by atoms with Crippen LogP contribution in [0.4, 0.5) is 0 Å². The second kappa shape index (κ2) is 3.79. The van der Waals surface area contributed by atoms with Gasteiger partial charge in [0.1, 0.15) is 0 Å². The van der Waals surface area contributed by atoms with Crippen molar-refractivity contribution in [3.63, 3.8) is 0 Å². The van der Waals surface area contributed by atoms with Gasteiger partial charge in [-0.15, -0.1) is 0 Å². The molecular weight excluding hydrogens is 192 g/mol. The summed E-state index contributed by atoms with van der Waals surface area (Å²) in [5.41, 5.74) is 4.52. The van der Waals surface area contributed by atoms with Crippen LogP contribution in [0, 0.1) is 0 Å². The van der Waals surface area contributed by atoms with Gasteiger partial charge in [0.05, 0.1) is 0 Å². The standard InChI is InChI=1S/C16H16/c1-12-11-16(13-7-3-2-4-8-13)15-10-6-5-9-14(12)15/h2-10,12,16H,11H2,1H3/t12-,16?/m1/s1. The Morgan fingerprint density at radius 1 is 0.812 bits per heavy atom. The Balaban J connectivity index is 2.07. The largest absolute Gasteiger partial charge is 0.0622 e. The molecule has 3 rings (SSSR count). The van der Waals surface area contributed by atoms with Crippen molar-refractivity contribution in [2.75, 3.05) is 0 Å².